The zero-order valence-corrected chi connectivity index (χ0v) is 16.6. The number of carbonyl (C=O) groups is 1. The Hall–Kier alpha value is -3.62. The lowest BCUT2D eigenvalue weighted by molar-refractivity contribution is 0.0819. The van der Waals surface area contributed by atoms with Crippen LogP contribution in [0.5, 0.6) is 5.75 Å². The molecule has 0 saturated heterocycles. The molecule has 0 radical (unpaired) electrons. The molecule has 0 aliphatic carbocycles. The van der Waals surface area contributed by atoms with Gasteiger partial charge in [-0.15, -0.1) is 0 Å². The van der Waals surface area contributed by atoms with E-state index >= 15 is 0 Å². The van der Waals surface area contributed by atoms with Gasteiger partial charge in [0.25, 0.3) is 16.8 Å². The number of pyridine rings is 1. The molecule has 0 spiro atoms. The molecular formula is C20H22N4O5. The molecule has 9 nitrogen and oxygen atoms in total. The van der Waals surface area contributed by atoms with E-state index < -0.39 is 22.5 Å². The molecule has 2 heterocycles. The number of rotatable bonds is 7. The number of aromatic hydroxyl groups is 1. The Balaban J connectivity index is 1.90. The van der Waals surface area contributed by atoms with Gasteiger partial charge in [0.2, 0.25) is 0 Å². The smallest absolute Gasteiger partial charge is 0.275 e. The van der Waals surface area contributed by atoms with E-state index in [1.807, 2.05) is 26.0 Å². The summed E-state index contributed by atoms with van der Waals surface area (Å²) in [5.41, 5.74) is -1.32. The second-order valence-corrected chi connectivity index (χ2v) is 6.84. The predicted octanol–water partition coefficient (Wildman–Crippen LogP) is 2.29. The monoisotopic (exact) mass is 398 g/mol. The zero-order chi connectivity index (χ0) is 21.3. The summed E-state index contributed by atoms with van der Waals surface area (Å²) in [6.07, 6.45) is 1.95. The van der Waals surface area contributed by atoms with Crippen LogP contribution in [0, 0.1) is 6.92 Å². The van der Waals surface area contributed by atoms with Gasteiger partial charge in [0, 0.05) is 20.3 Å². The second kappa shape index (κ2) is 7.78. The number of anilines is 3. The molecule has 152 valence electrons. The quantitative estimate of drug-likeness (QED) is 0.518. The molecule has 0 fully saturated rings. The van der Waals surface area contributed by atoms with Gasteiger partial charge in [0.15, 0.2) is 11.4 Å². The van der Waals surface area contributed by atoms with Gasteiger partial charge in [-0.3, -0.25) is 14.4 Å². The first-order chi connectivity index (χ1) is 13.7. The van der Waals surface area contributed by atoms with Gasteiger partial charge in [-0.2, -0.15) is 0 Å². The lowest BCUT2D eigenvalue weighted by Crippen LogP contribution is -2.37. The minimum atomic E-state index is -0.713. The molecule has 0 aliphatic rings. The molecule has 3 aromatic rings. The summed E-state index contributed by atoms with van der Waals surface area (Å²) in [6.45, 7) is 3.74. The average Bonchev–Trinajstić information content (AvgIpc) is 3.13. The largest absolute Gasteiger partial charge is 0.504 e. The van der Waals surface area contributed by atoms with E-state index in [1.54, 1.807) is 0 Å². The van der Waals surface area contributed by atoms with E-state index in [0.29, 0.717) is 12.2 Å². The molecule has 29 heavy (non-hydrogen) atoms. The van der Waals surface area contributed by atoms with Crippen LogP contribution >= 0.6 is 0 Å². The van der Waals surface area contributed by atoms with Gasteiger partial charge < -0.3 is 25.1 Å². The number of aromatic nitrogens is 1. The molecule has 1 unspecified atom stereocenters. The molecule has 0 bridgehead atoms. The van der Waals surface area contributed by atoms with Crippen molar-refractivity contribution < 1.29 is 14.3 Å². The van der Waals surface area contributed by atoms with Gasteiger partial charge >= 0.3 is 0 Å². The minimum Gasteiger partial charge on any atom is -0.504 e. The van der Waals surface area contributed by atoms with Crippen molar-refractivity contribution >= 4 is 23.0 Å². The second-order valence-electron chi connectivity index (χ2n) is 6.84. The Morgan fingerprint density at radius 1 is 1.21 bits per heavy atom. The molecule has 1 atom stereocenters. The Bertz CT molecular complexity index is 1120. The first-order valence-corrected chi connectivity index (χ1v) is 9.07. The Morgan fingerprint density at radius 3 is 2.48 bits per heavy atom. The normalized spacial score (nSPS) is 12.0. The zero-order valence-electron chi connectivity index (χ0n) is 16.6. The van der Waals surface area contributed by atoms with E-state index in [9.17, 15) is 19.5 Å². The highest BCUT2D eigenvalue weighted by Crippen LogP contribution is 2.32. The predicted molar refractivity (Wildman–Crippen MR) is 109 cm³/mol. The van der Waals surface area contributed by atoms with Gasteiger partial charge in [-0.05, 0) is 31.5 Å². The Morgan fingerprint density at radius 2 is 1.90 bits per heavy atom. The number of aryl methyl sites for hydroxylation is 1. The van der Waals surface area contributed by atoms with Crippen LogP contribution < -0.4 is 21.5 Å². The molecule has 1 amide bonds. The summed E-state index contributed by atoms with van der Waals surface area (Å²) in [5, 5.41) is 16.2. The molecular weight excluding hydrogens is 376 g/mol. The van der Waals surface area contributed by atoms with Gasteiger partial charge in [-0.1, -0.05) is 6.92 Å². The van der Waals surface area contributed by atoms with Crippen LogP contribution in [0.15, 0.2) is 38.4 Å². The van der Waals surface area contributed by atoms with Crippen molar-refractivity contribution in [1.82, 2.24) is 9.88 Å². The first-order valence-electron chi connectivity index (χ1n) is 9.07. The van der Waals surface area contributed by atoms with Crippen LogP contribution in [-0.2, 0) is 0 Å². The van der Waals surface area contributed by atoms with Gasteiger partial charge in [-0.25, -0.2) is 4.98 Å². The summed E-state index contributed by atoms with van der Waals surface area (Å²) < 4.78 is 5.61. The maximum Gasteiger partial charge on any atom is 0.275 e. The van der Waals surface area contributed by atoms with E-state index in [-0.39, 0.29) is 28.8 Å². The number of furan rings is 1. The highest BCUT2D eigenvalue weighted by Gasteiger charge is 2.26. The summed E-state index contributed by atoms with van der Waals surface area (Å²) in [4.78, 5) is 41.5. The number of nitrogens with one attached hydrogen (secondary N) is 2. The van der Waals surface area contributed by atoms with E-state index in [0.717, 1.165) is 5.76 Å². The van der Waals surface area contributed by atoms with Crippen molar-refractivity contribution in [3.05, 3.63) is 62.1 Å². The highest BCUT2D eigenvalue weighted by molar-refractivity contribution is 5.97. The molecule has 3 N–H and O–H groups in total. The number of nitrogens with zero attached hydrogens (tertiary/aromatic N) is 2. The fraction of sp³-hybridized carbons (Fsp3) is 0.300. The number of hydrogen-bond acceptors (Lipinski definition) is 8. The number of hydrogen-bond donors (Lipinski definition) is 3. The number of amides is 1. The van der Waals surface area contributed by atoms with Crippen LogP contribution in [0.4, 0.5) is 17.1 Å². The molecule has 2 aromatic heterocycles. The van der Waals surface area contributed by atoms with E-state index in [1.165, 1.54) is 31.3 Å². The third-order valence-electron chi connectivity index (χ3n) is 4.53. The SMILES string of the molecule is CCC(Nc1c(Nc2ccnc(C(=O)N(C)C)c2O)c(=O)c1=O)c1ccc(C)o1. The van der Waals surface area contributed by atoms with Crippen LogP contribution in [0.3, 0.4) is 0 Å². The summed E-state index contributed by atoms with van der Waals surface area (Å²) >= 11 is 0. The summed E-state index contributed by atoms with van der Waals surface area (Å²) in [7, 11) is 3.06. The highest BCUT2D eigenvalue weighted by atomic mass is 16.3. The van der Waals surface area contributed by atoms with Crippen molar-refractivity contribution in [2.24, 2.45) is 0 Å². The standard InChI is InChI=1S/C20H22N4O5/c1-5-11(13-7-6-10(2)29-13)22-14-15(19(27)18(14)26)23-12-8-9-21-16(17(12)25)20(28)24(3)4/h6-9,11,22,25H,5H2,1-4H3,(H,21,23). The van der Waals surface area contributed by atoms with E-state index in [4.69, 9.17) is 4.42 Å². The third kappa shape index (κ3) is 3.71. The van der Waals surface area contributed by atoms with Gasteiger partial charge in [0.1, 0.15) is 22.9 Å². The molecule has 0 saturated carbocycles. The van der Waals surface area contributed by atoms with Crippen molar-refractivity contribution in [3.63, 3.8) is 0 Å². The van der Waals surface area contributed by atoms with Crippen LogP contribution in [0.1, 0.15) is 41.4 Å². The van der Waals surface area contributed by atoms with Crippen molar-refractivity contribution in [1.29, 1.82) is 0 Å². The molecule has 9 heteroatoms. The number of carbonyl (C=O) groups excluding carboxylic acids is 1. The van der Waals surface area contributed by atoms with Crippen molar-refractivity contribution in [3.8, 4) is 5.75 Å². The minimum absolute atomic E-state index is 0.0153. The molecule has 0 aliphatic heterocycles. The Kier molecular flexibility index (Phi) is 5.40. The van der Waals surface area contributed by atoms with Crippen LogP contribution in [0.25, 0.3) is 0 Å². The molecule has 1 aromatic carbocycles. The summed E-state index contributed by atoms with van der Waals surface area (Å²) in [6, 6.07) is 4.74. The van der Waals surface area contributed by atoms with Crippen molar-refractivity contribution in [2.75, 3.05) is 24.7 Å². The van der Waals surface area contributed by atoms with Gasteiger partial charge in [0.05, 0.1) is 11.7 Å². The van der Waals surface area contributed by atoms with E-state index in [2.05, 4.69) is 15.6 Å². The lowest BCUT2D eigenvalue weighted by Gasteiger charge is -2.21. The lowest BCUT2D eigenvalue weighted by atomic mass is 10.1. The third-order valence-corrected chi connectivity index (χ3v) is 4.53. The fourth-order valence-electron chi connectivity index (χ4n) is 2.90. The Labute approximate surface area is 166 Å². The fourth-order valence-corrected chi connectivity index (χ4v) is 2.90. The van der Waals surface area contributed by atoms with Crippen LogP contribution in [-0.4, -0.2) is 35.0 Å². The molecule has 3 rings (SSSR count). The maximum atomic E-state index is 12.1. The average molecular weight is 398 g/mol. The summed E-state index contributed by atoms with van der Waals surface area (Å²) in [5.74, 6) is 0.491. The maximum absolute atomic E-state index is 12.1. The van der Waals surface area contributed by atoms with Crippen molar-refractivity contribution in [2.45, 2.75) is 26.3 Å². The first kappa shape index (κ1) is 20.1. The topological polar surface area (TPSA) is 125 Å². The van der Waals surface area contributed by atoms with Crippen LogP contribution in [0.2, 0.25) is 0 Å².